The van der Waals surface area contributed by atoms with Gasteiger partial charge in [-0.05, 0) is 23.8 Å². The van der Waals surface area contributed by atoms with Crippen LogP contribution in [0.25, 0.3) is 89.2 Å². The van der Waals surface area contributed by atoms with Crippen LogP contribution in [-0.4, -0.2) is 24.1 Å². The van der Waals surface area contributed by atoms with Gasteiger partial charge in [-0.25, -0.2) is 4.98 Å². The Morgan fingerprint density at radius 3 is 1.38 bits per heavy atom. The molecule has 0 aliphatic heterocycles. The SMILES string of the molecule is c1ccc(-c2nc(-c3ccccc3)nc(-n3c4ccccc4c4cccc(-n5c6ccccc6c6cccc(-c7ccccc7)c65)c43)n2)cc1. The number of fused-ring (bicyclic) bond motifs is 6. The van der Waals surface area contributed by atoms with Crippen molar-refractivity contribution in [2.24, 2.45) is 0 Å². The summed E-state index contributed by atoms with van der Waals surface area (Å²) in [5.74, 6) is 1.82. The van der Waals surface area contributed by atoms with Crippen LogP contribution >= 0.6 is 0 Å². The van der Waals surface area contributed by atoms with Gasteiger partial charge in [0.05, 0.1) is 27.8 Å². The van der Waals surface area contributed by atoms with Crippen LogP contribution in [0.15, 0.2) is 176 Å². The van der Waals surface area contributed by atoms with Crippen molar-refractivity contribution >= 4 is 43.6 Å². The Morgan fingerprint density at radius 1 is 0.320 bits per heavy atom. The lowest BCUT2D eigenvalue weighted by molar-refractivity contribution is 0.950. The van der Waals surface area contributed by atoms with E-state index >= 15 is 0 Å². The Bertz CT molecular complexity index is 2800. The van der Waals surface area contributed by atoms with Gasteiger partial charge in [-0.1, -0.05) is 158 Å². The molecular formula is C45H29N5. The van der Waals surface area contributed by atoms with Gasteiger partial charge >= 0.3 is 0 Å². The van der Waals surface area contributed by atoms with Gasteiger partial charge in [0.2, 0.25) is 5.95 Å². The Labute approximate surface area is 288 Å². The van der Waals surface area contributed by atoms with Gasteiger partial charge in [0.1, 0.15) is 0 Å². The number of hydrogen-bond acceptors (Lipinski definition) is 3. The minimum atomic E-state index is 0.570. The summed E-state index contributed by atoms with van der Waals surface area (Å²) < 4.78 is 4.66. The number of para-hydroxylation sites is 4. The second-order valence-corrected chi connectivity index (χ2v) is 12.5. The third-order valence-electron chi connectivity index (χ3n) is 9.58. The van der Waals surface area contributed by atoms with Crippen molar-refractivity contribution in [3.05, 3.63) is 176 Å². The minimum Gasteiger partial charge on any atom is -0.306 e. The average molecular weight is 640 g/mol. The van der Waals surface area contributed by atoms with E-state index in [1.165, 1.54) is 21.9 Å². The summed E-state index contributed by atoms with van der Waals surface area (Å²) in [5, 5.41) is 4.68. The molecule has 0 aliphatic carbocycles. The second-order valence-electron chi connectivity index (χ2n) is 12.5. The summed E-state index contributed by atoms with van der Waals surface area (Å²) >= 11 is 0. The molecule has 0 radical (unpaired) electrons. The zero-order valence-electron chi connectivity index (χ0n) is 27.0. The fraction of sp³-hybridized carbons (Fsp3) is 0. The highest BCUT2D eigenvalue weighted by Gasteiger charge is 2.23. The summed E-state index contributed by atoms with van der Waals surface area (Å²) in [6.07, 6.45) is 0. The van der Waals surface area contributed by atoms with Crippen LogP contribution in [0.1, 0.15) is 0 Å². The van der Waals surface area contributed by atoms with E-state index in [9.17, 15) is 0 Å². The second kappa shape index (κ2) is 11.4. The Kier molecular flexibility index (Phi) is 6.42. The van der Waals surface area contributed by atoms with E-state index in [2.05, 4.69) is 124 Å². The molecule has 0 N–H and O–H groups in total. The van der Waals surface area contributed by atoms with Crippen LogP contribution in [0.3, 0.4) is 0 Å². The molecule has 5 heteroatoms. The number of hydrogen-bond donors (Lipinski definition) is 0. The first kappa shape index (κ1) is 28.2. The van der Waals surface area contributed by atoms with Gasteiger partial charge in [0.15, 0.2) is 11.6 Å². The van der Waals surface area contributed by atoms with Gasteiger partial charge in [0, 0.05) is 38.2 Å². The van der Waals surface area contributed by atoms with Crippen molar-refractivity contribution < 1.29 is 0 Å². The molecule has 0 spiro atoms. The van der Waals surface area contributed by atoms with Crippen molar-refractivity contribution in [2.75, 3.05) is 0 Å². The molecule has 3 aromatic heterocycles. The first-order valence-electron chi connectivity index (χ1n) is 16.8. The molecule has 3 heterocycles. The van der Waals surface area contributed by atoms with E-state index in [1.807, 2.05) is 60.7 Å². The molecule has 0 unspecified atom stereocenters. The Balaban J connectivity index is 1.36. The molecule has 0 bridgehead atoms. The van der Waals surface area contributed by atoms with Crippen molar-refractivity contribution in [1.82, 2.24) is 24.1 Å². The summed E-state index contributed by atoms with van der Waals surface area (Å²) in [6, 6.07) is 61.4. The molecule has 0 atom stereocenters. The summed E-state index contributed by atoms with van der Waals surface area (Å²) in [5.41, 5.74) is 9.64. The van der Waals surface area contributed by atoms with Crippen LogP contribution in [-0.2, 0) is 0 Å². The number of aromatic nitrogens is 5. The van der Waals surface area contributed by atoms with Crippen molar-refractivity contribution in [2.45, 2.75) is 0 Å². The minimum absolute atomic E-state index is 0.570. The van der Waals surface area contributed by atoms with Crippen molar-refractivity contribution in [3.8, 4) is 45.5 Å². The third kappa shape index (κ3) is 4.37. The predicted octanol–water partition coefficient (Wildman–Crippen LogP) is 11.1. The number of rotatable bonds is 5. The van der Waals surface area contributed by atoms with E-state index in [4.69, 9.17) is 15.0 Å². The Morgan fingerprint density at radius 2 is 0.780 bits per heavy atom. The van der Waals surface area contributed by atoms with Crippen LogP contribution in [0, 0.1) is 0 Å². The zero-order chi connectivity index (χ0) is 33.0. The molecule has 0 fully saturated rings. The topological polar surface area (TPSA) is 48.5 Å². The van der Waals surface area contributed by atoms with E-state index in [1.54, 1.807) is 0 Å². The standard InChI is InChI=1S/C45H29N5/c1-4-16-30(17-5-1)33-24-14-25-36-34-22-10-12-27-38(34)49(41(33)36)40-29-15-26-37-35-23-11-13-28-39(35)50(42(37)40)45-47-43(31-18-6-2-7-19-31)46-44(48-45)32-20-8-3-9-21-32/h1-29H. The average Bonchev–Trinajstić information content (AvgIpc) is 3.72. The maximum Gasteiger partial charge on any atom is 0.238 e. The lowest BCUT2D eigenvalue weighted by atomic mass is 10.0. The molecule has 0 amide bonds. The van der Waals surface area contributed by atoms with Gasteiger partial charge in [-0.2, -0.15) is 9.97 Å². The first-order chi connectivity index (χ1) is 24.8. The number of nitrogens with zero attached hydrogens (tertiary/aromatic N) is 5. The van der Waals surface area contributed by atoms with Gasteiger partial charge in [-0.3, -0.25) is 4.57 Å². The van der Waals surface area contributed by atoms with Crippen molar-refractivity contribution in [1.29, 1.82) is 0 Å². The maximum absolute atomic E-state index is 5.22. The molecule has 0 saturated heterocycles. The van der Waals surface area contributed by atoms with E-state index in [-0.39, 0.29) is 0 Å². The predicted molar refractivity (Wildman–Crippen MR) is 205 cm³/mol. The largest absolute Gasteiger partial charge is 0.306 e. The monoisotopic (exact) mass is 639 g/mol. The quantitative estimate of drug-likeness (QED) is 0.188. The Hall–Kier alpha value is -6.85. The normalized spacial score (nSPS) is 11.6. The van der Waals surface area contributed by atoms with Crippen molar-refractivity contribution in [3.63, 3.8) is 0 Å². The highest BCUT2D eigenvalue weighted by atomic mass is 15.2. The van der Waals surface area contributed by atoms with E-state index in [0.717, 1.165) is 49.7 Å². The molecule has 10 rings (SSSR count). The third-order valence-corrected chi connectivity index (χ3v) is 9.58. The molecule has 7 aromatic carbocycles. The lowest BCUT2D eigenvalue weighted by Crippen LogP contribution is -2.08. The number of benzene rings is 7. The van der Waals surface area contributed by atoms with Crippen LogP contribution in [0.4, 0.5) is 0 Å². The van der Waals surface area contributed by atoms with Crippen LogP contribution in [0.5, 0.6) is 0 Å². The zero-order valence-corrected chi connectivity index (χ0v) is 27.0. The van der Waals surface area contributed by atoms with Gasteiger partial charge in [-0.15, -0.1) is 0 Å². The van der Waals surface area contributed by atoms with Gasteiger partial charge in [0.25, 0.3) is 0 Å². The summed E-state index contributed by atoms with van der Waals surface area (Å²) in [6.45, 7) is 0. The molecule has 5 nitrogen and oxygen atoms in total. The van der Waals surface area contributed by atoms with Crippen LogP contribution < -0.4 is 0 Å². The fourth-order valence-corrected chi connectivity index (χ4v) is 7.41. The fourth-order valence-electron chi connectivity index (χ4n) is 7.41. The molecule has 0 aliphatic rings. The lowest BCUT2D eigenvalue weighted by Gasteiger charge is -2.16. The summed E-state index contributed by atoms with van der Waals surface area (Å²) in [7, 11) is 0. The highest BCUT2D eigenvalue weighted by molar-refractivity contribution is 6.17. The maximum atomic E-state index is 5.22. The highest BCUT2D eigenvalue weighted by Crippen LogP contribution is 2.42. The molecule has 50 heavy (non-hydrogen) atoms. The molecule has 0 saturated carbocycles. The first-order valence-corrected chi connectivity index (χ1v) is 16.8. The van der Waals surface area contributed by atoms with Crippen LogP contribution in [0.2, 0.25) is 0 Å². The summed E-state index contributed by atoms with van der Waals surface area (Å²) in [4.78, 5) is 15.4. The van der Waals surface area contributed by atoms with E-state index < -0.39 is 0 Å². The van der Waals surface area contributed by atoms with E-state index in [0.29, 0.717) is 17.6 Å². The van der Waals surface area contributed by atoms with Gasteiger partial charge < -0.3 is 4.57 Å². The molecular weight excluding hydrogens is 611 g/mol. The smallest absolute Gasteiger partial charge is 0.238 e. The molecule has 234 valence electrons. The molecule has 10 aromatic rings.